The topological polar surface area (TPSA) is 26.3 Å². The van der Waals surface area contributed by atoms with Gasteiger partial charge in [0.15, 0.2) is 0 Å². The average Bonchev–Trinajstić information content (AvgIpc) is 2.54. The molecule has 1 saturated heterocycles. The molecule has 1 saturated carbocycles. The summed E-state index contributed by atoms with van der Waals surface area (Å²) >= 11 is 0. The van der Waals surface area contributed by atoms with Crippen LogP contribution in [0.25, 0.3) is 0 Å². The summed E-state index contributed by atoms with van der Waals surface area (Å²) in [6.07, 6.45) is 7.43. The number of carbonyl (C=O) groups excluding carboxylic acids is 1. The number of hydrogen-bond donors (Lipinski definition) is 0. The molecule has 0 aromatic rings. The fourth-order valence-corrected chi connectivity index (χ4v) is 2.44. The highest BCUT2D eigenvalue weighted by Crippen LogP contribution is 2.34. The second-order valence-corrected chi connectivity index (χ2v) is 4.05. The number of rotatable bonds is 1. The SMILES string of the molecule is O=C1CC(C2CCCCC2)CO1. The zero-order valence-electron chi connectivity index (χ0n) is 7.42. The summed E-state index contributed by atoms with van der Waals surface area (Å²) in [5.41, 5.74) is 0. The summed E-state index contributed by atoms with van der Waals surface area (Å²) in [5, 5.41) is 0. The fourth-order valence-electron chi connectivity index (χ4n) is 2.44. The Labute approximate surface area is 73.3 Å². The Balaban J connectivity index is 1.86. The molecule has 0 bridgehead atoms. The zero-order valence-corrected chi connectivity index (χ0v) is 7.42. The normalized spacial score (nSPS) is 32.0. The van der Waals surface area contributed by atoms with Gasteiger partial charge in [-0.15, -0.1) is 0 Å². The standard InChI is InChI=1S/C10H16O2/c11-10-6-9(7-12-10)8-4-2-1-3-5-8/h8-9H,1-7H2. The summed E-state index contributed by atoms with van der Waals surface area (Å²) in [6, 6.07) is 0. The third-order valence-electron chi connectivity index (χ3n) is 3.20. The van der Waals surface area contributed by atoms with Crippen LogP contribution in [0.2, 0.25) is 0 Å². The number of cyclic esters (lactones) is 1. The van der Waals surface area contributed by atoms with Crippen molar-refractivity contribution >= 4 is 5.97 Å². The molecule has 0 aromatic heterocycles. The molecule has 12 heavy (non-hydrogen) atoms. The van der Waals surface area contributed by atoms with E-state index in [0.717, 1.165) is 5.92 Å². The van der Waals surface area contributed by atoms with E-state index in [4.69, 9.17) is 4.74 Å². The van der Waals surface area contributed by atoms with E-state index < -0.39 is 0 Å². The lowest BCUT2D eigenvalue weighted by Gasteiger charge is -2.25. The minimum Gasteiger partial charge on any atom is -0.465 e. The first-order valence-electron chi connectivity index (χ1n) is 5.02. The predicted octanol–water partition coefficient (Wildman–Crippen LogP) is 2.13. The minimum atomic E-state index is 0.0190. The van der Waals surface area contributed by atoms with Gasteiger partial charge < -0.3 is 4.74 Å². The molecule has 2 aliphatic rings. The van der Waals surface area contributed by atoms with Gasteiger partial charge in [0.2, 0.25) is 0 Å². The van der Waals surface area contributed by atoms with Crippen molar-refractivity contribution in [1.82, 2.24) is 0 Å². The maximum Gasteiger partial charge on any atom is 0.306 e. The molecule has 68 valence electrons. The van der Waals surface area contributed by atoms with Gasteiger partial charge >= 0.3 is 5.97 Å². The van der Waals surface area contributed by atoms with Crippen LogP contribution in [0.3, 0.4) is 0 Å². The van der Waals surface area contributed by atoms with Gasteiger partial charge in [0.25, 0.3) is 0 Å². The summed E-state index contributed by atoms with van der Waals surface area (Å²) < 4.78 is 4.98. The highest BCUT2D eigenvalue weighted by Gasteiger charge is 2.31. The van der Waals surface area contributed by atoms with Crippen molar-refractivity contribution < 1.29 is 9.53 Å². The molecule has 1 aliphatic carbocycles. The Kier molecular flexibility index (Phi) is 2.33. The van der Waals surface area contributed by atoms with Crippen molar-refractivity contribution in [3.63, 3.8) is 0 Å². The minimum absolute atomic E-state index is 0.0190. The Hall–Kier alpha value is -0.530. The van der Waals surface area contributed by atoms with Crippen molar-refractivity contribution in [2.45, 2.75) is 38.5 Å². The van der Waals surface area contributed by atoms with Crippen molar-refractivity contribution in [3.05, 3.63) is 0 Å². The number of esters is 1. The van der Waals surface area contributed by atoms with E-state index in [-0.39, 0.29) is 5.97 Å². The van der Waals surface area contributed by atoms with Crippen LogP contribution in [0.4, 0.5) is 0 Å². The van der Waals surface area contributed by atoms with Gasteiger partial charge in [-0.25, -0.2) is 0 Å². The molecule has 1 atom stereocenters. The number of carbonyl (C=O) groups is 1. The quantitative estimate of drug-likeness (QED) is 0.561. The third-order valence-corrected chi connectivity index (χ3v) is 3.20. The molecule has 1 unspecified atom stereocenters. The fraction of sp³-hybridized carbons (Fsp3) is 0.900. The molecule has 2 nitrogen and oxygen atoms in total. The Morgan fingerprint density at radius 2 is 1.83 bits per heavy atom. The monoisotopic (exact) mass is 168 g/mol. The zero-order chi connectivity index (χ0) is 8.39. The van der Waals surface area contributed by atoms with Crippen molar-refractivity contribution in [1.29, 1.82) is 0 Å². The predicted molar refractivity (Wildman–Crippen MR) is 45.6 cm³/mol. The lowest BCUT2D eigenvalue weighted by Crippen LogP contribution is -2.17. The van der Waals surface area contributed by atoms with Gasteiger partial charge in [-0.3, -0.25) is 4.79 Å². The van der Waals surface area contributed by atoms with Gasteiger partial charge in [-0.2, -0.15) is 0 Å². The Morgan fingerprint density at radius 3 is 2.42 bits per heavy atom. The van der Waals surface area contributed by atoms with E-state index >= 15 is 0 Å². The van der Waals surface area contributed by atoms with Crippen molar-refractivity contribution in [2.75, 3.05) is 6.61 Å². The highest BCUT2D eigenvalue weighted by molar-refractivity contribution is 5.71. The summed E-state index contributed by atoms with van der Waals surface area (Å²) in [6.45, 7) is 0.698. The first-order chi connectivity index (χ1) is 5.86. The lowest BCUT2D eigenvalue weighted by atomic mass is 9.80. The molecule has 0 N–H and O–H groups in total. The van der Waals surface area contributed by atoms with E-state index in [1.807, 2.05) is 0 Å². The van der Waals surface area contributed by atoms with Crippen LogP contribution in [0.15, 0.2) is 0 Å². The van der Waals surface area contributed by atoms with Crippen LogP contribution in [0, 0.1) is 11.8 Å². The van der Waals surface area contributed by atoms with E-state index in [9.17, 15) is 4.79 Å². The van der Waals surface area contributed by atoms with Crippen LogP contribution < -0.4 is 0 Å². The van der Waals surface area contributed by atoms with Crippen molar-refractivity contribution in [3.8, 4) is 0 Å². The largest absolute Gasteiger partial charge is 0.465 e. The van der Waals surface area contributed by atoms with Gasteiger partial charge in [0, 0.05) is 5.92 Å². The van der Waals surface area contributed by atoms with Crippen LogP contribution in [0.5, 0.6) is 0 Å². The maximum atomic E-state index is 10.9. The van der Waals surface area contributed by atoms with E-state index in [1.54, 1.807) is 0 Å². The molecule has 2 heteroatoms. The molecule has 0 aromatic carbocycles. The van der Waals surface area contributed by atoms with Crippen LogP contribution in [0.1, 0.15) is 38.5 Å². The van der Waals surface area contributed by atoms with Crippen LogP contribution >= 0.6 is 0 Å². The molecule has 0 amide bonds. The molecule has 0 radical (unpaired) electrons. The van der Waals surface area contributed by atoms with E-state index in [1.165, 1.54) is 32.1 Å². The molecule has 2 rings (SSSR count). The molecule has 2 fully saturated rings. The van der Waals surface area contributed by atoms with Crippen molar-refractivity contribution in [2.24, 2.45) is 11.8 Å². The number of hydrogen-bond acceptors (Lipinski definition) is 2. The molecule has 1 aliphatic heterocycles. The third kappa shape index (κ3) is 1.62. The Morgan fingerprint density at radius 1 is 1.08 bits per heavy atom. The lowest BCUT2D eigenvalue weighted by molar-refractivity contribution is -0.137. The summed E-state index contributed by atoms with van der Waals surface area (Å²) in [7, 11) is 0. The average molecular weight is 168 g/mol. The highest BCUT2D eigenvalue weighted by atomic mass is 16.5. The van der Waals surface area contributed by atoms with Gasteiger partial charge in [0.05, 0.1) is 13.0 Å². The molecular weight excluding hydrogens is 152 g/mol. The number of ether oxygens (including phenoxy) is 1. The Bertz CT molecular complexity index is 171. The van der Waals surface area contributed by atoms with Gasteiger partial charge in [-0.05, 0) is 5.92 Å². The first-order valence-corrected chi connectivity index (χ1v) is 5.02. The van der Waals surface area contributed by atoms with Crippen LogP contribution in [-0.4, -0.2) is 12.6 Å². The summed E-state index contributed by atoms with van der Waals surface area (Å²) in [4.78, 5) is 10.9. The van der Waals surface area contributed by atoms with E-state index in [0.29, 0.717) is 18.9 Å². The van der Waals surface area contributed by atoms with Gasteiger partial charge in [-0.1, -0.05) is 32.1 Å². The maximum absolute atomic E-state index is 10.9. The second-order valence-electron chi connectivity index (χ2n) is 4.05. The second kappa shape index (κ2) is 3.46. The first kappa shape index (κ1) is 8.09. The molecule has 1 heterocycles. The smallest absolute Gasteiger partial charge is 0.306 e. The van der Waals surface area contributed by atoms with E-state index in [2.05, 4.69) is 0 Å². The van der Waals surface area contributed by atoms with Crippen LogP contribution in [-0.2, 0) is 9.53 Å². The molecular formula is C10H16O2. The van der Waals surface area contributed by atoms with Gasteiger partial charge in [0.1, 0.15) is 0 Å². The molecule has 0 spiro atoms. The summed E-state index contributed by atoms with van der Waals surface area (Å²) in [5.74, 6) is 1.36.